The highest BCUT2D eigenvalue weighted by Crippen LogP contribution is 2.27. The van der Waals surface area contributed by atoms with Crippen molar-refractivity contribution in [2.45, 2.75) is 12.7 Å². The largest absolute Gasteiger partial charge is 0.493 e. The van der Waals surface area contributed by atoms with Gasteiger partial charge >= 0.3 is 6.18 Å². The monoisotopic (exact) mass is 490 g/mol. The first kappa shape index (κ1) is 24.6. The van der Waals surface area contributed by atoms with Crippen molar-refractivity contribution < 1.29 is 22.6 Å². The van der Waals surface area contributed by atoms with Crippen LogP contribution in [0.2, 0.25) is 0 Å². The van der Waals surface area contributed by atoms with E-state index in [-0.39, 0.29) is 30.5 Å². The molecule has 1 rings (SSSR count). The third-order valence-electron chi connectivity index (χ3n) is 3.37. The number of hydrogen-bond donors (Lipinski definition) is 2. The van der Waals surface area contributed by atoms with Crippen molar-refractivity contribution in [2.75, 3.05) is 47.9 Å². The molecule has 0 aliphatic rings. The summed E-state index contributed by atoms with van der Waals surface area (Å²) in [6.45, 7) is 0.138. The van der Waals surface area contributed by atoms with Gasteiger partial charge in [0.1, 0.15) is 0 Å². The number of aliphatic imine (C=N–C) groups is 1. The molecule has 6 nitrogen and oxygen atoms in total. The molecule has 26 heavy (non-hydrogen) atoms. The molecule has 0 bridgehead atoms. The molecule has 1 aromatic rings. The van der Waals surface area contributed by atoms with Gasteiger partial charge in [0.05, 0.1) is 20.8 Å². The number of benzene rings is 1. The van der Waals surface area contributed by atoms with Gasteiger partial charge in [0.15, 0.2) is 17.5 Å². The van der Waals surface area contributed by atoms with E-state index < -0.39 is 12.7 Å². The minimum atomic E-state index is -4.19. The average molecular weight is 490 g/mol. The molecule has 0 radical (unpaired) electrons. The lowest BCUT2D eigenvalue weighted by molar-refractivity contribution is -0.142. The zero-order chi connectivity index (χ0) is 18.9. The molecule has 0 fully saturated rings. The van der Waals surface area contributed by atoms with Gasteiger partial charge in [-0.15, -0.1) is 24.0 Å². The van der Waals surface area contributed by atoms with Gasteiger partial charge in [0, 0.05) is 26.7 Å². The number of nitrogens with zero attached hydrogens (tertiary/aromatic N) is 2. The number of likely N-dealkylation sites (N-methyl/N-ethyl adjacent to an activating group) is 1. The van der Waals surface area contributed by atoms with Crippen LogP contribution in [0.1, 0.15) is 5.56 Å². The molecule has 0 unspecified atom stereocenters. The van der Waals surface area contributed by atoms with Crippen molar-refractivity contribution in [3.63, 3.8) is 0 Å². The van der Waals surface area contributed by atoms with Crippen LogP contribution in [0.15, 0.2) is 23.2 Å². The predicted molar refractivity (Wildman–Crippen MR) is 107 cm³/mol. The highest BCUT2D eigenvalue weighted by atomic mass is 127. The second kappa shape index (κ2) is 12.0. The smallest absolute Gasteiger partial charge is 0.401 e. The Morgan fingerprint density at radius 2 is 1.81 bits per heavy atom. The molecule has 2 N–H and O–H groups in total. The van der Waals surface area contributed by atoms with Crippen LogP contribution in [0.25, 0.3) is 0 Å². The van der Waals surface area contributed by atoms with Crippen LogP contribution in [0.3, 0.4) is 0 Å². The first-order valence-electron chi connectivity index (χ1n) is 7.69. The number of nitrogens with one attached hydrogen (secondary N) is 2. The van der Waals surface area contributed by atoms with Gasteiger partial charge in [-0.3, -0.25) is 9.89 Å². The van der Waals surface area contributed by atoms with E-state index in [4.69, 9.17) is 9.47 Å². The Hall–Kier alpha value is -1.43. The fourth-order valence-electron chi connectivity index (χ4n) is 2.15. The zero-order valence-corrected chi connectivity index (χ0v) is 17.6. The maximum atomic E-state index is 12.3. The van der Waals surface area contributed by atoms with Gasteiger partial charge in [0.25, 0.3) is 0 Å². The number of hydrogen-bond acceptors (Lipinski definition) is 4. The second-order valence-electron chi connectivity index (χ2n) is 5.39. The van der Waals surface area contributed by atoms with Crippen LogP contribution in [0, 0.1) is 0 Å². The number of guanidine groups is 1. The summed E-state index contributed by atoms with van der Waals surface area (Å²) < 4.78 is 47.2. The summed E-state index contributed by atoms with van der Waals surface area (Å²) in [5, 5.41) is 6.08. The molecule has 0 atom stereocenters. The Kier molecular flexibility index (Phi) is 11.4. The predicted octanol–water partition coefficient (Wildman–Crippen LogP) is 2.48. The number of ether oxygens (including phenoxy) is 2. The van der Waals surface area contributed by atoms with E-state index in [1.165, 1.54) is 11.9 Å². The third-order valence-corrected chi connectivity index (χ3v) is 3.37. The van der Waals surface area contributed by atoms with Gasteiger partial charge in [-0.05, 0) is 24.7 Å². The topological polar surface area (TPSA) is 58.1 Å². The lowest BCUT2D eigenvalue weighted by Gasteiger charge is -2.19. The normalized spacial score (nSPS) is 11.8. The molecule has 0 aromatic heterocycles. The van der Waals surface area contributed by atoms with E-state index in [1.807, 2.05) is 12.1 Å². The van der Waals surface area contributed by atoms with Crippen LogP contribution in [-0.2, 0) is 6.54 Å². The first-order chi connectivity index (χ1) is 11.8. The number of rotatable bonds is 8. The zero-order valence-electron chi connectivity index (χ0n) is 15.3. The van der Waals surface area contributed by atoms with Crippen molar-refractivity contribution in [1.82, 2.24) is 15.5 Å². The van der Waals surface area contributed by atoms with Crippen molar-refractivity contribution in [3.05, 3.63) is 23.8 Å². The standard InChI is InChI=1S/C16H25F3N4O2.HI/c1-20-15(21-7-8-23(2)11-16(17,18)19)22-10-12-5-6-13(24-3)14(9-12)25-4;/h5-6,9H,7-8,10-11H2,1-4H3,(H2,20,21,22);1H. The van der Waals surface area contributed by atoms with Crippen molar-refractivity contribution in [1.29, 1.82) is 0 Å². The van der Waals surface area contributed by atoms with E-state index in [9.17, 15) is 13.2 Å². The Labute approximate surface area is 169 Å². The number of halogens is 4. The summed E-state index contributed by atoms with van der Waals surface area (Å²) in [6.07, 6.45) is -4.19. The van der Waals surface area contributed by atoms with E-state index in [2.05, 4.69) is 15.6 Å². The highest BCUT2D eigenvalue weighted by Gasteiger charge is 2.28. The van der Waals surface area contributed by atoms with Crippen LogP contribution < -0.4 is 20.1 Å². The molecular formula is C16H26F3IN4O2. The first-order valence-corrected chi connectivity index (χ1v) is 7.69. The van der Waals surface area contributed by atoms with Crippen LogP contribution in [-0.4, -0.2) is 65.0 Å². The van der Waals surface area contributed by atoms with Crippen LogP contribution >= 0.6 is 24.0 Å². The van der Waals surface area contributed by atoms with E-state index >= 15 is 0 Å². The van der Waals surface area contributed by atoms with Crippen molar-refractivity contribution in [3.8, 4) is 11.5 Å². The molecule has 150 valence electrons. The summed E-state index contributed by atoms with van der Waals surface area (Å²) in [4.78, 5) is 5.25. The minimum Gasteiger partial charge on any atom is -0.493 e. The molecule has 0 aliphatic carbocycles. The summed E-state index contributed by atoms with van der Waals surface area (Å²) >= 11 is 0. The number of alkyl halides is 3. The lowest BCUT2D eigenvalue weighted by Crippen LogP contribution is -2.42. The summed E-state index contributed by atoms with van der Waals surface area (Å²) in [5.41, 5.74) is 0.954. The van der Waals surface area contributed by atoms with E-state index in [1.54, 1.807) is 27.3 Å². The Balaban J connectivity index is 0.00000625. The van der Waals surface area contributed by atoms with E-state index in [0.717, 1.165) is 5.56 Å². The molecule has 0 heterocycles. The fraction of sp³-hybridized carbons (Fsp3) is 0.562. The molecular weight excluding hydrogens is 464 g/mol. The Morgan fingerprint density at radius 3 is 2.35 bits per heavy atom. The van der Waals surface area contributed by atoms with Crippen molar-refractivity contribution >= 4 is 29.9 Å². The van der Waals surface area contributed by atoms with Crippen LogP contribution in [0.4, 0.5) is 13.2 Å². The molecule has 0 spiro atoms. The van der Waals surface area contributed by atoms with Gasteiger partial charge < -0.3 is 20.1 Å². The van der Waals surface area contributed by atoms with Gasteiger partial charge in [-0.25, -0.2) is 0 Å². The molecule has 1 aromatic carbocycles. The van der Waals surface area contributed by atoms with Crippen molar-refractivity contribution in [2.24, 2.45) is 4.99 Å². The quantitative estimate of drug-likeness (QED) is 0.333. The van der Waals surface area contributed by atoms with Gasteiger partial charge in [-0.1, -0.05) is 6.07 Å². The lowest BCUT2D eigenvalue weighted by atomic mass is 10.2. The second-order valence-corrected chi connectivity index (χ2v) is 5.39. The summed E-state index contributed by atoms with van der Waals surface area (Å²) in [5.74, 6) is 1.77. The molecule has 0 saturated carbocycles. The number of methoxy groups -OCH3 is 2. The minimum absolute atomic E-state index is 0. The summed E-state index contributed by atoms with van der Waals surface area (Å²) in [6, 6.07) is 5.53. The van der Waals surface area contributed by atoms with E-state index in [0.29, 0.717) is 30.5 Å². The maximum absolute atomic E-state index is 12.3. The SMILES string of the molecule is CN=C(NCCN(C)CC(F)(F)F)NCc1ccc(OC)c(OC)c1.I. The van der Waals surface area contributed by atoms with Crippen LogP contribution in [0.5, 0.6) is 11.5 Å². The molecule has 10 heteroatoms. The summed E-state index contributed by atoms with van der Waals surface area (Å²) in [7, 11) is 6.16. The maximum Gasteiger partial charge on any atom is 0.401 e. The van der Waals surface area contributed by atoms with Gasteiger partial charge in [0.2, 0.25) is 0 Å². The Bertz CT molecular complexity index is 571. The molecule has 0 amide bonds. The fourth-order valence-corrected chi connectivity index (χ4v) is 2.15. The van der Waals surface area contributed by atoms with Gasteiger partial charge in [-0.2, -0.15) is 13.2 Å². The average Bonchev–Trinajstić information content (AvgIpc) is 2.55. The molecule has 0 saturated heterocycles. The molecule has 0 aliphatic heterocycles. The highest BCUT2D eigenvalue weighted by molar-refractivity contribution is 14.0. The third kappa shape index (κ3) is 9.32. The Morgan fingerprint density at radius 1 is 1.15 bits per heavy atom.